The molecule has 3 aliphatic heterocycles. The second kappa shape index (κ2) is 4.40. The molecule has 0 N–H and O–H groups in total. The summed E-state index contributed by atoms with van der Waals surface area (Å²) in [6.07, 6.45) is 1.51. The lowest BCUT2D eigenvalue weighted by Gasteiger charge is -2.44. The van der Waals surface area contributed by atoms with Crippen LogP contribution in [0.3, 0.4) is 0 Å². The Bertz CT molecular complexity index is 855. The van der Waals surface area contributed by atoms with Crippen molar-refractivity contribution in [3.05, 3.63) is 57.8 Å². The molecule has 4 heterocycles. The number of thiophene rings is 1. The average Bonchev–Trinajstić information content (AvgIpc) is 3.25. The fourth-order valence-corrected chi connectivity index (χ4v) is 7.76. The molecule has 1 aromatic carbocycles. The van der Waals surface area contributed by atoms with E-state index >= 15 is 0 Å². The Morgan fingerprint density at radius 2 is 2.09 bits per heavy atom. The third-order valence-corrected chi connectivity index (χ3v) is 8.51. The lowest BCUT2D eigenvalue weighted by molar-refractivity contribution is -0.140. The number of fused-ring (bicyclic) bond motifs is 2. The van der Waals surface area contributed by atoms with Crippen molar-refractivity contribution in [2.75, 3.05) is 6.54 Å². The number of carbonyl (C=O) groups excluding carboxylic acids is 1. The number of thioether (sulfide) groups is 1. The van der Waals surface area contributed by atoms with Crippen molar-refractivity contribution in [3.8, 4) is 6.07 Å². The van der Waals surface area contributed by atoms with Gasteiger partial charge in [0, 0.05) is 11.4 Å². The fourth-order valence-electron chi connectivity index (χ4n) is 4.36. The summed E-state index contributed by atoms with van der Waals surface area (Å²) in [6, 6.07) is 14.7. The molecular formula is C18H14N2OS2. The number of hydrogen-bond acceptors (Lipinski definition) is 4. The van der Waals surface area contributed by atoms with Gasteiger partial charge in [-0.05, 0) is 35.4 Å². The van der Waals surface area contributed by atoms with Gasteiger partial charge < -0.3 is 4.90 Å². The third-order valence-electron chi connectivity index (χ3n) is 5.36. The van der Waals surface area contributed by atoms with Crippen LogP contribution in [0.2, 0.25) is 0 Å². The number of nitriles is 1. The lowest BCUT2D eigenvalue weighted by atomic mass is 9.77. The summed E-state index contributed by atoms with van der Waals surface area (Å²) >= 11 is 3.42. The van der Waals surface area contributed by atoms with Crippen molar-refractivity contribution in [2.24, 2.45) is 5.92 Å². The number of hydrogen-bond donors (Lipinski definition) is 0. The quantitative estimate of drug-likeness (QED) is 0.800. The number of amides is 1. The van der Waals surface area contributed by atoms with E-state index in [4.69, 9.17) is 0 Å². The first kappa shape index (κ1) is 13.6. The van der Waals surface area contributed by atoms with E-state index in [9.17, 15) is 10.1 Å². The van der Waals surface area contributed by atoms with Gasteiger partial charge in [0.2, 0.25) is 5.91 Å². The normalized spacial score (nSPS) is 34.1. The minimum Gasteiger partial charge on any atom is -0.320 e. The smallest absolute Gasteiger partial charge is 0.244 e. The second-order valence-electron chi connectivity index (χ2n) is 6.36. The molecule has 3 unspecified atom stereocenters. The molecule has 1 amide bonds. The Kier molecular flexibility index (Phi) is 2.61. The van der Waals surface area contributed by atoms with Crippen LogP contribution in [0.15, 0.2) is 41.8 Å². The van der Waals surface area contributed by atoms with Gasteiger partial charge in [-0.25, -0.2) is 0 Å². The van der Waals surface area contributed by atoms with E-state index < -0.39 is 9.62 Å². The highest BCUT2D eigenvalue weighted by molar-refractivity contribution is 8.02. The van der Waals surface area contributed by atoms with Gasteiger partial charge in [-0.3, -0.25) is 4.79 Å². The van der Waals surface area contributed by atoms with Gasteiger partial charge >= 0.3 is 0 Å². The molecule has 0 aliphatic carbocycles. The molecule has 5 rings (SSSR count). The SMILES string of the molecule is N#CC1CC2(c3ccccc3)SC13c1sccc1CCN3C2=O. The van der Waals surface area contributed by atoms with E-state index in [-0.39, 0.29) is 11.8 Å². The number of nitrogens with zero attached hydrogens (tertiary/aromatic N) is 2. The molecule has 1 aromatic heterocycles. The van der Waals surface area contributed by atoms with E-state index in [0.717, 1.165) is 18.5 Å². The predicted molar refractivity (Wildman–Crippen MR) is 90.8 cm³/mol. The zero-order valence-corrected chi connectivity index (χ0v) is 14.0. The highest BCUT2D eigenvalue weighted by atomic mass is 32.2. The standard InChI is InChI=1S/C18H14N2OS2/c19-11-14-10-17(13-4-2-1-3-5-13)16(21)20-8-6-12-7-9-22-15(12)18(14,20)23-17/h1-5,7,9,14H,6,8,10H2. The van der Waals surface area contributed by atoms with E-state index in [1.165, 1.54) is 10.4 Å². The molecule has 2 aromatic rings. The lowest BCUT2D eigenvalue weighted by Crippen LogP contribution is -2.54. The molecule has 2 fully saturated rings. The minimum atomic E-state index is -0.590. The molecule has 0 saturated carbocycles. The summed E-state index contributed by atoms with van der Waals surface area (Å²) < 4.78 is -0.590. The summed E-state index contributed by atoms with van der Waals surface area (Å²) in [5.74, 6) is 0.0438. The Balaban J connectivity index is 1.76. The minimum absolute atomic E-state index is 0.150. The Labute approximate surface area is 142 Å². The molecule has 0 radical (unpaired) electrons. The van der Waals surface area contributed by atoms with Crippen molar-refractivity contribution >= 4 is 29.0 Å². The van der Waals surface area contributed by atoms with E-state index in [2.05, 4.69) is 17.5 Å². The largest absolute Gasteiger partial charge is 0.320 e. The number of piperidine rings is 1. The second-order valence-corrected chi connectivity index (χ2v) is 8.80. The number of carbonyl (C=O) groups is 1. The monoisotopic (exact) mass is 338 g/mol. The van der Waals surface area contributed by atoms with Gasteiger partial charge in [0.1, 0.15) is 9.62 Å². The Hall–Kier alpha value is -1.77. The predicted octanol–water partition coefficient (Wildman–Crippen LogP) is 3.47. The summed E-state index contributed by atoms with van der Waals surface area (Å²) in [5, 5.41) is 11.9. The fraction of sp³-hybridized carbons (Fsp3) is 0.333. The molecule has 3 aliphatic rings. The number of rotatable bonds is 1. The molecule has 2 saturated heterocycles. The summed E-state index contributed by atoms with van der Waals surface area (Å²) in [6.45, 7) is 0.725. The van der Waals surface area contributed by atoms with Crippen LogP contribution in [0.4, 0.5) is 0 Å². The maximum atomic E-state index is 13.3. The Morgan fingerprint density at radius 3 is 2.87 bits per heavy atom. The van der Waals surface area contributed by atoms with Crippen LogP contribution in [0.5, 0.6) is 0 Å². The molecule has 3 atom stereocenters. The molecule has 5 heteroatoms. The third kappa shape index (κ3) is 1.44. The maximum Gasteiger partial charge on any atom is 0.244 e. The first-order chi connectivity index (χ1) is 11.2. The van der Waals surface area contributed by atoms with Crippen LogP contribution in [-0.2, 0) is 20.8 Å². The number of benzene rings is 1. The molecular weight excluding hydrogens is 324 g/mol. The maximum absolute atomic E-state index is 13.3. The van der Waals surface area contributed by atoms with Gasteiger partial charge in [0.15, 0.2) is 0 Å². The average molecular weight is 338 g/mol. The zero-order valence-electron chi connectivity index (χ0n) is 12.4. The van der Waals surface area contributed by atoms with Crippen LogP contribution >= 0.6 is 23.1 Å². The van der Waals surface area contributed by atoms with Gasteiger partial charge in [0.05, 0.1) is 12.0 Å². The van der Waals surface area contributed by atoms with E-state index in [1.54, 1.807) is 23.1 Å². The van der Waals surface area contributed by atoms with Gasteiger partial charge in [0.25, 0.3) is 0 Å². The molecule has 2 bridgehead atoms. The zero-order chi connectivity index (χ0) is 15.7. The van der Waals surface area contributed by atoms with E-state index in [0.29, 0.717) is 6.42 Å². The molecule has 1 spiro atoms. The summed E-state index contributed by atoms with van der Waals surface area (Å²) in [4.78, 5) is 16.1. The molecule has 3 nitrogen and oxygen atoms in total. The van der Waals surface area contributed by atoms with Gasteiger partial charge in [-0.1, -0.05) is 30.3 Å². The first-order valence-corrected chi connectivity index (χ1v) is 9.46. The molecule has 23 heavy (non-hydrogen) atoms. The summed E-state index contributed by atoms with van der Waals surface area (Å²) in [7, 11) is 0. The van der Waals surface area contributed by atoms with Crippen molar-refractivity contribution < 1.29 is 4.79 Å². The van der Waals surface area contributed by atoms with Crippen LogP contribution in [0.1, 0.15) is 22.4 Å². The van der Waals surface area contributed by atoms with Crippen LogP contribution in [0, 0.1) is 17.2 Å². The van der Waals surface area contributed by atoms with Gasteiger partial charge in [-0.15, -0.1) is 23.1 Å². The van der Waals surface area contributed by atoms with Crippen molar-refractivity contribution in [3.63, 3.8) is 0 Å². The van der Waals surface area contributed by atoms with Gasteiger partial charge in [-0.2, -0.15) is 5.26 Å². The van der Waals surface area contributed by atoms with E-state index in [1.807, 2.05) is 35.2 Å². The van der Waals surface area contributed by atoms with Crippen LogP contribution in [0.25, 0.3) is 0 Å². The topological polar surface area (TPSA) is 44.1 Å². The van der Waals surface area contributed by atoms with Crippen molar-refractivity contribution in [1.29, 1.82) is 5.26 Å². The molecule has 114 valence electrons. The Morgan fingerprint density at radius 1 is 1.26 bits per heavy atom. The highest BCUT2D eigenvalue weighted by Crippen LogP contribution is 2.72. The van der Waals surface area contributed by atoms with Crippen molar-refractivity contribution in [2.45, 2.75) is 22.5 Å². The summed E-state index contributed by atoms with van der Waals surface area (Å²) in [5.41, 5.74) is 2.36. The highest BCUT2D eigenvalue weighted by Gasteiger charge is 2.72. The van der Waals surface area contributed by atoms with Crippen LogP contribution < -0.4 is 0 Å². The first-order valence-electron chi connectivity index (χ1n) is 7.76. The van der Waals surface area contributed by atoms with Crippen LogP contribution in [-0.4, -0.2) is 17.4 Å². The van der Waals surface area contributed by atoms with Crippen molar-refractivity contribution in [1.82, 2.24) is 4.90 Å².